The number of aryl methyl sites for hydroxylation is 2. The van der Waals surface area contributed by atoms with E-state index in [1.54, 1.807) is 0 Å². The van der Waals surface area contributed by atoms with Crippen LogP contribution in [0.2, 0.25) is 0 Å². The predicted octanol–water partition coefficient (Wildman–Crippen LogP) is 2.44. The van der Waals surface area contributed by atoms with Crippen LogP contribution < -0.4 is 5.32 Å². The van der Waals surface area contributed by atoms with Crippen molar-refractivity contribution in [3.05, 3.63) is 15.9 Å². The molecule has 3 atom stereocenters. The monoisotopic (exact) mass is 329 g/mol. The maximum absolute atomic E-state index is 5.72. The molecule has 1 aliphatic rings. The van der Waals surface area contributed by atoms with Crippen LogP contribution in [0.15, 0.2) is 4.47 Å². The van der Waals surface area contributed by atoms with E-state index >= 15 is 0 Å². The fourth-order valence-corrected chi connectivity index (χ4v) is 3.52. The lowest BCUT2D eigenvalue weighted by Gasteiger charge is -2.26. The summed E-state index contributed by atoms with van der Waals surface area (Å²) in [6, 6.07) is 0.452. The molecule has 2 rings (SSSR count). The highest BCUT2D eigenvalue weighted by molar-refractivity contribution is 9.10. The Morgan fingerprint density at radius 2 is 2.32 bits per heavy atom. The van der Waals surface area contributed by atoms with Gasteiger partial charge in [0.2, 0.25) is 0 Å². The molecule has 1 aromatic rings. The Hall–Kier alpha value is -0.390. The van der Waals surface area contributed by atoms with Crippen molar-refractivity contribution in [2.45, 2.75) is 45.8 Å². The molecule has 108 valence electrons. The van der Waals surface area contributed by atoms with E-state index in [0.29, 0.717) is 18.1 Å². The minimum Gasteiger partial charge on any atom is -0.378 e. The third-order valence-electron chi connectivity index (χ3n) is 4.09. The normalized spacial score (nSPS) is 24.9. The molecule has 1 aliphatic heterocycles. The Morgan fingerprint density at radius 3 is 2.79 bits per heavy atom. The Kier molecular flexibility index (Phi) is 5.03. The van der Waals surface area contributed by atoms with E-state index in [2.05, 4.69) is 40.2 Å². The van der Waals surface area contributed by atoms with Crippen LogP contribution in [0.3, 0.4) is 0 Å². The molecule has 19 heavy (non-hydrogen) atoms. The molecule has 0 radical (unpaired) electrons. The lowest BCUT2D eigenvalue weighted by molar-refractivity contribution is 0.0953. The molecule has 1 N–H and O–H groups in total. The second-order valence-corrected chi connectivity index (χ2v) is 6.16. The molecule has 0 amide bonds. The Morgan fingerprint density at radius 1 is 1.58 bits per heavy atom. The van der Waals surface area contributed by atoms with Crippen molar-refractivity contribution in [3.8, 4) is 0 Å². The molecular weight excluding hydrogens is 306 g/mol. The van der Waals surface area contributed by atoms with E-state index in [4.69, 9.17) is 4.74 Å². The van der Waals surface area contributed by atoms with Crippen LogP contribution in [-0.2, 0) is 18.2 Å². The largest absolute Gasteiger partial charge is 0.378 e. The van der Waals surface area contributed by atoms with Gasteiger partial charge < -0.3 is 10.1 Å². The molecule has 2 heterocycles. The molecule has 5 heteroatoms. The van der Waals surface area contributed by atoms with Crippen molar-refractivity contribution >= 4 is 15.9 Å². The standard InChI is InChI=1S/C14H24BrN3O/c1-5-16-12(11-6-7-19-10(11)3)8-13-14(15)9(2)17-18(13)4/h10-12,16H,5-8H2,1-4H3. The van der Waals surface area contributed by atoms with E-state index in [9.17, 15) is 0 Å². The van der Waals surface area contributed by atoms with E-state index in [1.807, 2.05) is 18.7 Å². The van der Waals surface area contributed by atoms with E-state index in [0.717, 1.165) is 36.2 Å². The van der Waals surface area contributed by atoms with Crippen molar-refractivity contribution in [1.29, 1.82) is 0 Å². The first-order valence-electron chi connectivity index (χ1n) is 7.07. The predicted molar refractivity (Wildman–Crippen MR) is 80.3 cm³/mol. The SMILES string of the molecule is CCNC(Cc1c(Br)c(C)nn1C)C1CCOC1C. The Labute approximate surface area is 124 Å². The number of hydrogen-bond donors (Lipinski definition) is 1. The second kappa shape index (κ2) is 6.37. The summed E-state index contributed by atoms with van der Waals surface area (Å²) in [5.74, 6) is 0.585. The summed E-state index contributed by atoms with van der Waals surface area (Å²) in [6.45, 7) is 8.27. The first kappa shape index (κ1) is 15.0. The van der Waals surface area contributed by atoms with Crippen LogP contribution in [0.5, 0.6) is 0 Å². The highest BCUT2D eigenvalue weighted by atomic mass is 79.9. The van der Waals surface area contributed by atoms with Crippen molar-refractivity contribution < 1.29 is 4.74 Å². The quantitative estimate of drug-likeness (QED) is 0.901. The summed E-state index contributed by atoms with van der Waals surface area (Å²) in [7, 11) is 2.02. The van der Waals surface area contributed by atoms with Crippen molar-refractivity contribution in [2.24, 2.45) is 13.0 Å². The first-order valence-corrected chi connectivity index (χ1v) is 7.86. The van der Waals surface area contributed by atoms with Crippen molar-refractivity contribution in [1.82, 2.24) is 15.1 Å². The highest BCUT2D eigenvalue weighted by Crippen LogP contribution is 2.28. The smallest absolute Gasteiger partial charge is 0.0738 e. The minimum absolute atomic E-state index is 0.345. The maximum atomic E-state index is 5.72. The average molecular weight is 330 g/mol. The molecule has 0 spiro atoms. The topological polar surface area (TPSA) is 39.1 Å². The number of likely N-dealkylation sites (N-methyl/N-ethyl adjacent to an activating group) is 1. The Bertz CT molecular complexity index is 433. The van der Waals surface area contributed by atoms with Crippen LogP contribution in [0.4, 0.5) is 0 Å². The molecule has 4 nitrogen and oxygen atoms in total. The summed E-state index contributed by atoms with van der Waals surface area (Å²) >= 11 is 3.66. The Balaban J connectivity index is 2.16. The zero-order valence-corrected chi connectivity index (χ0v) is 13.8. The van der Waals surface area contributed by atoms with Gasteiger partial charge in [-0.2, -0.15) is 5.10 Å². The van der Waals surface area contributed by atoms with Crippen molar-refractivity contribution in [3.63, 3.8) is 0 Å². The number of ether oxygens (including phenoxy) is 1. The lowest BCUT2D eigenvalue weighted by Crippen LogP contribution is -2.41. The summed E-state index contributed by atoms with van der Waals surface area (Å²) in [5.41, 5.74) is 2.33. The number of nitrogens with zero attached hydrogens (tertiary/aromatic N) is 2. The van der Waals surface area contributed by atoms with Crippen LogP contribution in [0.25, 0.3) is 0 Å². The molecule has 1 fully saturated rings. The summed E-state index contributed by atoms with van der Waals surface area (Å²) in [6.07, 6.45) is 2.48. The molecule has 1 saturated heterocycles. The van der Waals surface area contributed by atoms with Gasteiger partial charge in [0, 0.05) is 32.0 Å². The van der Waals surface area contributed by atoms with Crippen LogP contribution in [0.1, 0.15) is 31.7 Å². The van der Waals surface area contributed by atoms with Gasteiger partial charge in [-0.15, -0.1) is 0 Å². The zero-order valence-electron chi connectivity index (χ0n) is 12.2. The number of halogens is 1. The second-order valence-electron chi connectivity index (χ2n) is 5.37. The van der Waals surface area contributed by atoms with Gasteiger partial charge in [0.15, 0.2) is 0 Å². The summed E-state index contributed by atoms with van der Waals surface area (Å²) in [5, 5.41) is 8.11. The van der Waals surface area contributed by atoms with Crippen molar-refractivity contribution in [2.75, 3.05) is 13.2 Å². The fraction of sp³-hybridized carbons (Fsp3) is 0.786. The third-order valence-corrected chi connectivity index (χ3v) is 5.12. The van der Waals surface area contributed by atoms with Crippen LogP contribution in [-0.4, -0.2) is 35.1 Å². The molecule has 0 aromatic carbocycles. The van der Waals surface area contributed by atoms with E-state index in [-0.39, 0.29) is 0 Å². The maximum Gasteiger partial charge on any atom is 0.0738 e. The van der Waals surface area contributed by atoms with Gasteiger partial charge in [-0.3, -0.25) is 4.68 Å². The molecule has 1 aromatic heterocycles. The third kappa shape index (κ3) is 3.20. The molecule has 0 aliphatic carbocycles. The molecule has 0 bridgehead atoms. The number of nitrogens with one attached hydrogen (secondary N) is 1. The van der Waals surface area contributed by atoms with Gasteiger partial charge in [0.1, 0.15) is 0 Å². The van der Waals surface area contributed by atoms with Crippen LogP contribution >= 0.6 is 15.9 Å². The van der Waals surface area contributed by atoms with Gasteiger partial charge >= 0.3 is 0 Å². The first-order chi connectivity index (χ1) is 9.04. The number of hydrogen-bond acceptors (Lipinski definition) is 3. The van der Waals surface area contributed by atoms with Gasteiger partial charge in [-0.25, -0.2) is 0 Å². The van der Waals surface area contributed by atoms with Gasteiger partial charge in [0.25, 0.3) is 0 Å². The number of aromatic nitrogens is 2. The van der Waals surface area contributed by atoms with Gasteiger partial charge in [-0.05, 0) is 42.7 Å². The van der Waals surface area contributed by atoms with Gasteiger partial charge in [0.05, 0.1) is 22.0 Å². The lowest BCUT2D eigenvalue weighted by atomic mass is 9.90. The summed E-state index contributed by atoms with van der Waals surface area (Å²) < 4.78 is 8.86. The summed E-state index contributed by atoms with van der Waals surface area (Å²) in [4.78, 5) is 0. The highest BCUT2D eigenvalue weighted by Gasteiger charge is 2.32. The fourth-order valence-electron chi connectivity index (χ4n) is 3.02. The average Bonchev–Trinajstić information content (AvgIpc) is 2.88. The van der Waals surface area contributed by atoms with E-state index < -0.39 is 0 Å². The zero-order chi connectivity index (χ0) is 14.0. The number of rotatable bonds is 5. The van der Waals surface area contributed by atoms with Crippen LogP contribution in [0, 0.1) is 12.8 Å². The molecule has 0 saturated carbocycles. The van der Waals surface area contributed by atoms with Gasteiger partial charge in [-0.1, -0.05) is 6.92 Å². The molecular formula is C14H24BrN3O. The van der Waals surface area contributed by atoms with E-state index in [1.165, 1.54) is 5.69 Å². The minimum atomic E-state index is 0.345. The molecule has 3 unspecified atom stereocenters.